The molecule has 25 heavy (non-hydrogen) atoms. The molecule has 0 saturated carbocycles. The molecule has 0 rings (SSSR count). The second-order valence-corrected chi connectivity index (χ2v) is 4.05. The largest absolute Gasteiger partial charge is 0.692 e. The minimum absolute atomic E-state index is 0. The Labute approximate surface area is 127 Å². The van der Waals surface area contributed by atoms with Gasteiger partial charge in [-0.3, -0.25) is 0 Å². The van der Waals surface area contributed by atoms with Crippen LogP contribution in [0.4, 0.5) is 61.5 Å². The van der Waals surface area contributed by atoms with Gasteiger partial charge in [0.1, 0.15) is 0 Å². The molecule has 0 unspecified atom stereocenters. The SMILES string of the molecule is FC(F)(F)C(F)(F)C(F)(F)C(F)(F)C(F)(F)C(F)(F)F.N.O=[P+](O)O. The standard InChI is InChI=1S/C6F14.H3N.HO3P/c7-1(8,3(11,12)5(15,16)17)2(9,10)4(13,14)6(18,19)20;;1-4(2)3/h;1H3;(H-,1,2,3)/p+1. The second-order valence-electron chi connectivity index (χ2n) is 3.55. The first kappa shape index (κ1) is 28.8. The van der Waals surface area contributed by atoms with E-state index in [1.54, 1.807) is 0 Å². The fourth-order valence-corrected chi connectivity index (χ4v) is 0.750. The molecular weight excluding hydrogens is 431 g/mol. The highest BCUT2D eigenvalue weighted by molar-refractivity contribution is 7.30. The molecule has 0 aliphatic carbocycles. The number of rotatable bonds is 3. The molecule has 0 radical (unpaired) electrons. The smallest absolute Gasteiger partial charge is 0.344 e. The molecule has 0 spiro atoms. The van der Waals surface area contributed by atoms with Gasteiger partial charge in [0, 0.05) is 4.57 Å². The van der Waals surface area contributed by atoms with Gasteiger partial charge >= 0.3 is 44.3 Å². The summed E-state index contributed by atoms with van der Waals surface area (Å²) in [6.45, 7) is 0. The van der Waals surface area contributed by atoms with Crippen molar-refractivity contribution in [1.82, 2.24) is 6.15 Å². The molecule has 0 amide bonds. The van der Waals surface area contributed by atoms with Crippen LogP contribution in [-0.4, -0.2) is 45.8 Å². The van der Waals surface area contributed by atoms with Crippen molar-refractivity contribution in [3.05, 3.63) is 0 Å². The zero-order chi connectivity index (χ0) is 20.6. The minimum Gasteiger partial charge on any atom is -0.344 e. The van der Waals surface area contributed by atoms with Crippen LogP contribution >= 0.6 is 8.25 Å². The van der Waals surface area contributed by atoms with Crippen LogP contribution in [0.1, 0.15) is 0 Å². The zero-order valence-corrected chi connectivity index (χ0v) is 11.6. The van der Waals surface area contributed by atoms with Gasteiger partial charge < -0.3 is 6.15 Å². The number of alkyl halides is 14. The molecule has 0 aliphatic heterocycles. The molecule has 0 aromatic heterocycles. The highest BCUT2D eigenvalue weighted by Gasteiger charge is 2.91. The highest BCUT2D eigenvalue weighted by Crippen LogP contribution is 2.60. The molecule has 0 aromatic carbocycles. The van der Waals surface area contributed by atoms with E-state index in [0.29, 0.717) is 0 Å². The molecule has 5 N–H and O–H groups in total. The molecule has 0 atom stereocenters. The van der Waals surface area contributed by atoms with Gasteiger partial charge in [-0.25, -0.2) is 0 Å². The van der Waals surface area contributed by atoms with Crippen LogP contribution < -0.4 is 6.15 Å². The first-order chi connectivity index (χ1) is 9.98. The van der Waals surface area contributed by atoms with Crippen molar-refractivity contribution < 1.29 is 75.8 Å². The summed E-state index contributed by atoms with van der Waals surface area (Å²) in [7, 11) is -2.87. The second kappa shape index (κ2) is 7.71. The van der Waals surface area contributed by atoms with Crippen molar-refractivity contribution in [3.63, 3.8) is 0 Å². The van der Waals surface area contributed by atoms with E-state index in [2.05, 4.69) is 0 Å². The van der Waals surface area contributed by atoms with E-state index < -0.39 is 44.3 Å². The average molecular weight is 436 g/mol. The topological polar surface area (TPSA) is 92.5 Å². The average Bonchev–Trinajstić information content (AvgIpc) is 2.23. The van der Waals surface area contributed by atoms with Crippen LogP contribution in [0.5, 0.6) is 0 Å². The summed E-state index contributed by atoms with van der Waals surface area (Å²) in [5.41, 5.74) is 0. The summed E-state index contributed by atoms with van der Waals surface area (Å²) in [5, 5.41) is 0. The lowest BCUT2D eigenvalue weighted by Gasteiger charge is -2.37. The van der Waals surface area contributed by atoms with Crippen LogP contribution in [0, 0.1) is 0 Å². The predicted molar refractivity (Wildman–Crippen MR) is 49.0 cm³/mol. The van der Waals surface area contributed by atoms with E-state index in [1.165, 1.54) is 0 Å². The van der Waals surface area contributed by atoms with Crippen molar-refractivity contribution in [1.29, 1.82) is 0 Å². The Hall–Kier alpha value is -1.00. The van der Waals surface area contributed by atoms with Gasteiger partial charge in [-0.05, 0) is 0 Å². The minimum atomic E-state index is -8.04. The van der Waals surface area contributed by atoms with Gasteiger partial charge in [0.2, 0.25) is 0 Å². The third kappa shape index (κ3) is 5.24. The van der Waals surface area contributed by atoms with Gasteiger partial charge in [-0.15, -0.1) is 9.79 Å². The van der Waals surface area contributed by atoms with Crippen LogP contribution in [-0.2, 0) is 4.57 Å². The van der Waals surface area contributed by atoms with Crippen LogP contribution in [0.15, 0.2) is 0 Å². The molecule has 19 heteroatoms. The van der Waals surface area contributed by atoms with E-state index in [0.717, 1.165) is 0 Å². The molecule has 154 valence electrons. The van der Waals surface area contributed by atoms with Gasteiger partial charge in [0.25, 0.3) is 0 Å². The molecule has 0 aliphatic rings. The van der Waals surface area contributed by atoms with E-state index in [9.17, 15) is 61.5 Å². The van der Waals surface area contributed by atoms with Crippen molar-refractivity contribution in [2.75, 3.05) is 0 Å². The maximum absolute atomic E-state index is 12.3. The van der Waals surface area contributed by atoms with E-state index >= 15 is 0 Å². The Morgan fingerprint density at radius 1 is 0.480 bits per heavy atom. The van der Waals surface area contributed by atoms with Crippen LogP contribution in [0.2, 0.25) is 0 Å². The lowest BCUT2D eigenvalue weighted by atomic mass is 9.98. The molecule has 4 nitrogen and oxygen atoms in total. The van der Waals surface area contributed by atoms with Crippen molar-refractivity contribution in [3.8, 4) is 0 Å². The molecule has 0 bridgehead atoms. The number of hydrogen-bond acceptors (Lipinski definition) is 2. The maximum atomic E-state index is 12.3. The number of halogens is 14. The maximum Gasteiger partial charge on any atom is 0.692 e. The normalized spacial score (nSPS) is 14.2. The zero-order valence-electron chi connectivity index (χ0n) is 10.7. The van der Waals surface area contributed by atoms with Gasteiger partial charge in [-0.2, -0.15) is 61.5 Å². The Morgan fingerprint density at radius 3 is 0.680 bits per heavy atom. The van der Waals surface area contributed by atoms with Crippen molar-refractivity contribution >= 4 is 8.25 Å². The van der Waals surface area contributed by atoms with Crippen LogP contribution in [0.25, 0.3) is 0 Å². The lowest BCUT2D eigenvalue weighted by molar-refractivity contribution is -0.451. The van der Waals surface area contributed by atoms with Crippen LogP contribution in [0.3, 0.4) is 0 Å². The third-order valence-corrected chi connectivity index (χ3v) is 1.90. The Bertz CT molecular complexity index is 416. The Kier molecular flexibility index (Phi) is 8.88. The Balaban J connectivity index is -0.000000867. The summed E-state index contributed by atoms with van der Waals surface area (Å²) in [4.78, 5) is 14.2. The highest BCUT2D eigenvalue weighted by atomic mass is 31.1. The first-order valence-electron chi connectivity index (χ1n) is 4.48. The van der Waals surface area contributed by atoms with E-state index in [1.807, 2.05) is 0 Å². The molecule has 0 aromatic rings. The lowest BCUT2D eigenvalue weighted by Crippen LogP contribution is -2.69. The molecule has 0 heterocycles. The van der Waals surface area contributed by atoms with Gasteiger partial charge in [0.05, 0.1) is 0 Å². The van der Waals surface area contributed by atoms with E-state index in [4.69, 9.17) is 14.4 Å². The fourth-order valence-electron chi connectivity index (χ4n) is 0.750. The fraction of sp³-hybridized carbons (Fsp3) is 1.00. The number of hydrogen-bond donors (Lipinski definition) is 3. The van der Waals surface area contributed by atoms with E-state index in [-0.39, 0.29) is 6.15 Å². The Morgan fingerprint density at radius 2 is 0.600 bits per heavy atom. The summed E-state index contributed by atoms with van der Waals surface area (Å²) in [6.07, 6.45) is -15.0. The molecular formula is C6H5F14NO3P+. The summed E-state index contributed by atoms with van der Waals surface area (Å²) in [5.74, 6) is -31.7. The van der Waals surface area contributed by atoms with Gasteiger partial charge in [0.15, 0.2) is 0 Å². The summed E-state index contributed by atoms with van der Waals surface area (Å²) in [6, 6.07) is 0. The quantitative estimate of drug-likeness (QED) is 0.451. The molecule has 0 fully saturated rings. The summed E-state index contributed by atoms with van der Waals surface area (Å²) >= 11 is 0. The molecule has 0 saturated heterocycles. The van der Waals surface area contributed by atoms with Crippen molar-refractivity contribution in [2.45, 2.75) is 36.0 Å². The third-order valence-electron chi connectivity index (χ3n) is 1.90. The first-order valence-corrected chi connectivity index (χ1v) is 5.64. The van der Waals surface area contributed by atoms with Gasteiger partial charge in [-0.1, -0.05) is 0 Å². The summed E-state index contributed by atoms with van der Waals surface area (Å²) < 4.78 is 175. The monoisotopic (exact) mass is 436 g/mol. The van der Waals surface area contributed by atoms with Crippen molar-refractivity contribution in [2.24, 2.45) is 0 Å². The predicted octanol–water partition coefficient (Wildman–Crippen LogP) is 4.44.